The second-order valence-electron chi connectivity index (χ2n) is 7.03. The molecule has 0 fully saturated rings. The molecule has 1 aliphatic rings. The predicted molar refractivity (Wildman–Crippen MR) is 119 cm³/mol. The molecular weight excluding hydrogens is 390 g/mol. The summed E-state index contributed by atoms with van der Waals surface area (Å²) in [7, 11) is 0. The quantitative estimate of drug-likeness (QED) is 0.405. The third kappa shape index (κ3) is 5.80. The van der Waals surface area contributed by atoms with Gasteiger partial charge in [-0.15, -0.1) is 0 Å². The number of ether oxygens (including phenoxy) is 1. The average Bonchev–Trinajstić information content (AvgIpc) is 2.64. The first kappa shape index (κ1) is 22.9. The Morgan fingerprint density at radius 3 is 2.62 bits per heavy atom. The van der Waals surface area contributed by atoms with E-state index in [1.165, 1.54) is 17.7 Å². The molecule has 1 nitrogen and oxygen atoms in total. The number of rotatable bonds is 7. The molecule has 0 aromatic heterocycles. The van der Waals surface area contributed by atoms with Gasteiger partial charge in [-0.05, 0) is 79.7 Å². The SMILES string of the molecule is C=CC(=C(C)C)/C1=C/C(C(=C)c2cc(Cl)ccc2OC(F)F)=C(/CC)CCC=C1. The molecule has 154 valence electrons. The van der Waals surface area contributed by atoms with Gasteiger partial charge in [0.1, 0.15) is 5.75 Å². The number of alkyl halides is 2. The highest BCUT2D eigenvalue weighted by atomic mass is 35.5. The van der Waals surface area contributed by atoms with Gasteiger partial charge in [0.05, 0.1) is 0 Å². The maximum absolute atomic E-state index is 12.9. The third-order valence-electron chi connectivity index (χ3n) is 4.88. The van der Waals surface area contributed by atoms with Crippen molar-refractivity contribution in [2.45, 2.75) is 46.6 Å². The second-order valence-corrected chi connectivity index (χ2v) is 7.46. The normalized spacial score (nSPS) is 18.5. The van der Waals surface area contributed by atoms with Gasteiger partial charge in [-0.1, -0.05) is 61.1 Å². The average molecular weight is 417 g/mol. The van der Waals surface area contributed by atoms with Crippen LogP contribution in [0.25, 0.3) is 5.57 Å². The fourth-order valence-corrected chi connectivity index (χ4v) is 3.61. The van der Waals surface area contributed by atoms with Crippen LogP contribution in [0.1, 0.15) is 45.6 Å². The monoisotopic (exact) mass is 416 g/mol. The molecule has 0 bridgehead atoms. The van der Waals surface area contributed by atoms with Crippen molar-refractivity contribution in [2.24, 2.45) is 0 Å². The van der Waals surface area contributed by atoms with E-state index in [0.29, 0.717) is 16.2 Å². The van der Waals surface area contributed by atoms with Crippen molar-refractivity contribution >= 4 is 17.2 Å². The van der Waals surface area contributed by atoms with E-state index in [1.54, 1.807) is 6.07 Å². The van der Waals surface area contributed by atoms with Crippen LogP contribution in [0.5, 0.6) is 5.75 Å². The molecule has 0 aliphatic heterocycles. The van der Waals surface area contributed by atoms with Gasteiger partial charge in [0.15, 0.2) is 0 Å². The summed E-state index contributed by atoms with van der Waals surface area (Å²) in [5, 5.41) is 0.437. The van der Waals surface area contributed by atoms with E-state index >= 15 is 0 Å². The summed E-state index contributed by atoms with van der Waals surface area (Å²) in [5.41, 5.74) is 6.41. The van der Waals surface area contributed by atoms with Crippen LogP contribution >= 0.6 is 11.6 Å². The number of hydrogen-bond acceptors (Lipinski definition) is 1. The van der Waals surface area contributed by atoms with E-state index in [1.807, 2.05) is 19.9 Å². The second kappa shape index (κ2) is 10.4. The van der Waals surface area contributed by atoms with Crippen molar-refractivity contribution in [2.75, 3.05) is 0 Å². The maximum atomic E-state index is 12.9. The Labute approximate surface area is 177 Å². The van der Waals surface area contributed by atoms with Gasteiger partial charge in [0.2, 0.25) is 0 Å². The third-order valence-corrected chi connectivity index (χ3v) is 5.11. The molecule has 0 spiro atoms. The lowest BCUT2D eigenvalue weighted by Crippen LogP contribution is -2.05. The minimum atomic E-state index is -2.92. The zero-order valence-electron chi connectivity index (χ0n) is 17.2. The Morgan fingerprint density at radius 2 is 2.03 bits per heavy atom. The first-order valence-corrected chi connectivity index (χ1v) is 10.0. The van der Waals surface area contributed by atoms with E-state index in [0.717, 1.165) is 41.6 Å². The van der Waals surface area contributed by atoms with Crippen LogP contribution in [0.3, 0.4) is 0 Å². The van der Waals surface area contributed by atoms with Crippen LogP contribution in [0.4, 0.5) is 8.78 Å². The molecule has 1 aliphatic carbocycles. The molecule has 0 saturated heterocycles. The van der Waals surface area contributed by atoms with E-state index in [2.05, 4.69) is 38.3 Å². The Bertz CT molecular complexity index is 913. The molecule has 0 saturated carbocycles. The van der Waals surface area contributed by atoms with E-state index in [-0.39, 0.29) is 5.75 Å². The largest absolute Gasteiger partial charge is 0.434 e. The topological polar surface area (TPSA) is 9.23 Å². The fourth-order valence-electron chi connectivity index (χ4n) is 3.44. The van der Waals surface area contributed by atoms with E-state index in [4.69, 9.17) is 16.3 Å². The van der Waals surface area contributed by atoms with Gasteiger partial charge in [0, 0.05) is 10.6 Å². The molecule has 2 rings (SSSR count). The van der Waals surface area contributed by atoms with Crippen LogP contribution in [-0.4, -0.2) is 6.61 Å². The standard InChI is InChI=1S/C25H27ClF2O/c1-6-18-10-8-9-11-19(21(7-2)16(3)4)14-22(18)17(5)23-15-20(26)12-13-24(23)29-25(27)28/h7,9,11-15,25H,2,5-6,8,10H2,1,3-4H3/b11-9?,19-14+,22-18+. The molecule has 1 aromatic rings. The molecular formula is C25H27ClF2O. The van der Waals surface area contributed by atoms with Crippen LogP contribution in [0.2, 0.25) is 5.02 Å². The summed E-state index contributed by atoms with van der Waals surface area (Å²) < 4.78 is 30.6. The highest BCUT2D eigenvalue weighted by molar-refractivity contribution is 6.30. The van der Waals surface area contributed by atoms with Crippen LogP contribution in [0.15, 0.2) is 83.5 Å². The Morgan fingerprint density at radius 1 is 1.31 bits per heavy atom. The van der Waals surface area contributed by atoms with Gasteiger partial charge in [0.25, 0.3) is 0 Å². The van der Waals surface area contributed by atoms with Gasteiger partial charge >= 0.3 is 6.61 Å². The number of allylic oxidation sites excluding steroid dienone is 10. The zero-order valence-corrected chi connectivity index (χ0v) is 18.0. The lowest BCUT2D eigenvalue weighted by atomic mass is 9.86. The minimum absolute atomic E-state index is 0.0658. The maximum Gasteiger partial charge on any atom is 0.387 e. The van der Waals surface area contributed by atoms with Gasteiger partial charge in [-0.25, -0.2) is 0 Å². The van der Waals surface area contributed by atoms with Crippen molar-refractivity contribution in [1.29, 1.82) is 0 Å². The Kier molecular flexibility index (Phi) is 8.21. The number of hydrogen-bond donors (Lipinski definition) is 0. The molecule has 1 aromatic carbocycles. The van der Waals surface area contributed by atoms with Crippen molar-refractivity contribution in [3.8, 4) is 5.75 Å². The zero-order chi connectivity index (χ0) is 21.6. The molecule has 0 radical (unpaired) electrons. The van der Waals surface area contributed by atoms with Crippen LogP contribution in [-0.2, 0) is 0 Å². The summed E-state index contributed by atoms with van der Waals surface area (Å²) in [5.74, 6) is 0.0658. The fraction of sp³-hybridized carbons (Fsp3) is 0.280. The highest BCUT2D eigenvalue weighted by Crippen LogP contribution is 2.38. The summed E-state index contributed by atoms with van der Waals surface area (Å²) in [6.45, 7) is 11.4. The first-order chi connectivity index (χ1) is 13.8. The number of benzene rings is 1. The summed E-state index contributed by atoms with van der Waals surface area (Å²) in [6.07, 6.45) is 10.7. The van der Waals surface area contributed by atoms with Crippen molar-refractivity contribution in [3.05, 3.63) is 94.1 Å². The summed E-state index contributed by atoms with van der Waals surface area (Å²) in [4.78, 5) is 0. The lowest BCUT2D eigenvalue weighted by Gasteiger charge is -2.20. The van der Waals surface area contributed by atoms with Crippen LogP contribution < -0.4 is 4.74 Å². The predicted octanol–water partition coefficient (Wildman–Crippen LogP) is 8.46. The van der Waals surface area contributed by atoms with Gasteiger partial charge in [-0.3, -0.25) is 0 Å². The molecule has 4 heteroatoms. The van der Waals surface area contributed by atoms with Crippen molar-refractivity contribution in [1.82, 2.24) is 0 Å². The molecule has 0 atom stereocenters. The summed E-state index contributed by atoms with van der Waals surface area (Å²) in [6, 6.07) is 4.62. The van der Waals surface area contributed by atoms with Crippen LogP contribution in [0, 0.1) is 0 Å². The van der Waals surface area contributed by atoms with Gasteiger partial charge in [-0.2, -0.15) is 8.78 Å². The molecule has 29 heavy (non-hydrogen) atoms. The number of halogens is 3. The Hall–Kier alpha value is -2.39. The molecule has 0 N–H and O–H groups in total. The molecule has 0 heterocycles. The summed E-state index contributed by atoms with van der Waals surface area (Å²) >= 11 is 6.16. The first-order valence-electron chi connectivity index (χ1n) is 9.63. The Balaban J connectivity index is 2.69. The van der Waals surface area contributed by atoms with E-state index < -0.39 is 6.61 Å². The smallest absolute Gasteiger partial charge is 0.387 e. The molecule has 0 amide bonds. The van der Waals surface area contributed by atoms with Gasteiger partial charge < -0.3 is 4.74 Å². The minimum Gasteiger partial charge on any atom is -0.434 e. The van der Waals surface area contributed by atoms with Crippen molar-refractivity contribution in [3.63, 3.8) is 0 Å². The highest BCUT2D eigenvalue weighted by Gasteiger charge is 2.18. The van der Waals surface area contributed by atoms with E-state index in [9.17, 15) is 8.78 Å². The molecule has 0 unspecified atom stereocenters. The lowest BCUT2D eigenvalue weighted by molar-refractivity contribution is -0.0500. The van der Waals surface area contributed by atoms with Crippen molar-refractivity contribution < 1.29 is 13.5 Å².